The number of aliphatic carboxylic acids is 1. The van der Waals surface area contributed by atoms with Gasteiger partial charge in [0.1, 0.15) is 11.6 Å². The van der Waals surface area contributed by atoms with Gasteiger partial charge in [-0.3, -0.25) is 4.79 Å². The van der Waals surface area contributed by atoms with Crippen LogP contribution < -0.4 is 4.74 Å². The predicted molar refractivity (Wildman–Crippen MR) is 50.9 cm³/mol. The molecule has 0 aliphatic rings. The molecule has 0 aromatic heterocycles. The van der Waals surface area contributed by atoms with Gasteiger partial charge in [0.25, 0.3) is 0 Å². The number of methoxy groups -OCH3 is 1. The fraction of sp³-hybridized carbons (Fsp3) is 0.200. The zero-order valence-corrected chi connectivity index (χ0v) is 8.31. The van der Waals surface area contributed by atoms with Gasteiger partial charge in [-0.15, -0.1) is 0 Å². The van der Waals surface area contributed by atoms with Crippen LogP contribution in [0.25, 0.3) is 0 Å². The van der Waals surface area contributed by atoms with E-state index in [0.717, 1.165) is 12.1 Å². The summed E-state index contributed by atoms with van der Waals surface area (Å²) in [5.41, 5.74) is -0.449. The van der Waals surface area contributed by atoms with Crippen molar-refractivity contribution in [1.82, 2.24) is 0 Å². The van der Waals surface area contributed by atoms with Crippen LogP contribution in [0.2, 0.25) is 0 Å². The zero-order chi connectivity index (χ0) is 12.3. The minimum Gasteiger partial charge on any atom is -0.496 e. The summed E-state index contributed by atoms with van der Waals surface area (Å²) in [6.07, 6.45) is -1.62. The maximum absolute atomic E-state index is 13.0. The summed E-state index contributed by atoms with van der Waals surface area (Å²) >= 11 is 0. The number of aliphatic hydroxyl groups excluding tert-OH is 1. The fourth-order valence-electron chi connectivity index (χ4n) is 1.30. The van der Waals surface area contributed by atoms with E-state index in [4.69, 9.17) is 9.84 Å². The lowest BCUT2D eigenvalue weighted by Crippen LogP contribution is -2.13. The second-order valence-corrected chi connectivity index (χ2v) is 2.98. The van der Waals surface area contributed by atoms with Crippen molar-refractivity contribution in [1.29, 1.82) is 0 Å². The van der Waals surface area contributed by atoms with Crippen LogP contribution >= 0.6 is 0 Å². The Kier molecular flexibility index (Phi) is 3.57. The molecule has 0 aliphatic heterocycles. The lowest BCUT2D eigenvalue weighted by Gasteiger charge is -2.13. The summed E-state index contributed by atoms with van der Waals surface area (Å²) < 4.78 is 17.8. The monoisotopic (exact) mass is 228 g/mol. The molecule has 0 saturated carbocycles. The molecule has 1 aromatic rings. The number of halogens is 1. The highest BCUT2D eigenvalue weighted by Crippen LogP contribution is 2.29. The number of hydrogen-bond acceptors (Lipinski definition) is 4. The number of ether oxygens (including phenoxy) is 1. The normalized spacial score (nSPS) is 11.9. The second kappa shape index (κ2) is 4.71. The van der Waals surface area contributed by atoms with Crippen LogP contribution in [-0.2, 0) is 4.79 Å². The first-order valence-electron chi connectivity index (χ1n) is 4.24. The lowest BCUT2D eigenvalue weighted by molar-refractivity contribution is -0.147. The van der Waals surface area contributed by atoms with Crippen LogP contribution in [0, 0.1) is 5.82 Å². The van der Waals surface area contributed by atoms with Crippen molar-refractivity contribution < 1.29 is 28.9 Å². The van der Waals surface area contributed by atoms with Crippen LogP contribution in [0.5, 0.6) is 5.75 Å². The first-order valence-corrected chi connectivity index (χ1v) is 4.24. The number of carboxylic acids is 1. The van der Waals surface area contributed by atoms with Crippen molar-refractivity contribution in [3.63, 3.8) is 0 Å². The van der Waals surface area contributed by atoms with Crippen LogP contribution in [0.1, 0.15) is 22.0 Å². The van der Waals surface area contributed by atoms with Crippen molar-refractivity contribution in [2.75, 3.05) is 7.11 Å². The molecule has 1 aromatic carbocycles. The number of carboxylic acid groups (broad SMARTS) is 1. The van der Waals surface area contributed by atoms with E-state index in [0.29, 0.717) is 6.29 Å². The van der Waals surface area contributed by atoms with E-state index in [1.54, 1.807) is 0 Å². The van der Waals surface area contributed by atoms with Crippen molar-refractivity contribution in [2.45, 2.75) is 6.10 Å². The molecule has 0 radical (unpaired) electrons. The van der Waals surface area contributed by atoms with Gasteiger partial charge in [0.05, 0.1) is 12.7 Å². The van der Waals surface area contributed by atoms with E-state index in [2.05, 4.69) is 0 Å². The number of hydrogen-bond donors (Lipinski definition) is 2. The highest BCUT2D eigenvalue weighted by molar-refractivity contribution is 5.83. The van der Waals surface area contributed by atoms with E-state index in [1.165, 1.54) is 7.11 Å². The molecule has 0 aliphatic carbocycles. The molecular formula is C10H9FO5. The molecule has 16 heavy (non-hydrogen) atoms. The zero-order valence-electron chi connectivity index (χ0n) is 8.31. The largest absolute Gasteiger partial charge is 0.496 e. The molecule has 0 saturated heterocycles. The molecule has 2 N–H and O–H groups in total. The topological polar surface area (TPSA) is 83.8 Å². The summed E-state index contributed by atoms with van der Waals surface area (Å²) in [4.78, 5) is 21.2. The van der Waals surface area contributed by atoms with E-state index in [1.807, 2.05) is 0 Å². The number of aliphatic hydroxyl groups is 1. The average molecular weight is 228 g/mol. The third-order valence-corrected chi connectivity index (χ3v) is 1.97. The third kappa shape index (κ3) is 2.17. The summed E-state index contributed by atoms with van der Waals surface area (Å²) in [7, 11) is 1.19. The molecule has 0 fully saturated rings. The van der Waals surface area contributed by atoms with Crippen molar-refractivity contribution >= 4 is 12.3 Å². The molecule has 6 heteroatoms. The Balaban J connectivity index is 3.41. The Morgan fingerprint density at radius 1 is 1.56 bits per heavy atom. The van der Waals surface area contributed by atoms with Gasteiger partial charge in [-0.05, 0) is 12.1 Å². The highest BCUT2D eigenvalue weighted by atomic mass is 19.1. The van der Waals surface area contributed by atoms with Gasteiger partial charge < -0.3 is 14.9 Å². The first kappa shape index (κ1) is 12.1. The Hall–Kier alpha value is -1.95. The Labute approximate surface area is 90.1 Å². The summed E-state index contributed by atoms with van der Waals surface area (Å²) in [6, 6.07) is 1.70. The first-order chi connectivity index (χ1) is 7.51. The van der Waals surface area contributed by atoms with Crippen LogP contribution in [-0.4, -0.2) is 29.6 Å². The molecular weight excluding hydrogens is 219 g/mol. The average Bonchev–Trinajstić information content (AvgIpc) is 2.26. The number of rotatable bonds is 4. The van der Waals surface area contributed by atoms with Gasteiger partial charge in [0.2, 0.25) is 0 Å². The third-order valence-electron chi connectivity index (χ3n) is 1.97. The van der Waals surface area contributed by atoms with Gasteiger partial charge >= 0.3 is 5.97 Å². The molecule has 0 amide bonds. The molecule has 1 unspecified atom stereocenters. The minimum absolute atomic E-state index is 0.147. The fourth-order valence-corrected chi connectivity index (χ4v) is 1.30. The van der Waals surface area contributed by atoms with Gasteiger partial charge in [-0.1, -0.05) is 0 Å². The molecule has 5 nitrogen and oxygen atoms in total. The van der Waals surface area contributed by atoms with Gasteiger partial charge in [-0.25, -0.2) is 9.18 Å². The summed E-state index contributed by atoms with van der Waals surface area (Å²) in [5, 5.41) is 17.9. The second-order valence-electron chi connectivity index (χ2n) is 2.98. The number of aldehydes is 1. The van der Waals surface area contributed by atoms with Crippen LogP contribution in [0.3, 0.4) is 0 Å². The lowest BCUT2D eigenvalue weighted by atomic mass is 10.0. The van der Waals surface area contributed by atoms with E-state index < -0.39 is 17.9 Å². The van der Waals surface area contributed by atoms with Gasteiger partial charge in [0, 0.05) is 5.56 Å². The van der Waals surface area contributed by atoms with Gasteiger partial charge in [-0.2, -0.15) is 0 Å². The number of benzene rings is 1. The highest BCUT2D eigenvalue weighted by Gasteiger charge is 2.23. The van der Waals surface area contributed by atoms with Crippen LogP contribution in [0.4, 0.5) is 4.39 Å². The molecule has 0 bridgehead atoms. The van der Waals surface area contributed by atoms with Crippen molar-refractivity contribution in [3.8, 4) is 5.75 Å². The maximum Gasteiger partial charge on any atom is 0.337 e. The predicted octanol–water partition coefficient (Wildman–Crippen LogP) is 0.765. The minimum atomic E-state index is -1.94. The van der Waals surface area contributed by atoms with Crippen molar-refractivity contribution in [2.24, 2.45) is 0 Å². The smallest absolute Gasteiger partial charge is 0.337 e. The van der Waals surface area contributed by atoms with E-state index in [9.17, 15) is 19.1 Å². The summed E-state index contributed by atoms with van der Waals surface area (Å²) in [5.74, 6) is -2.52. The molecule has 0 heterocycles. The number of carbonyl (C=O) groups is 2. The van der Waals surface area contributed by atoms with E-state index in [-0.39, 0.29) is 16.9 Å². The Morgan fingerprint density at radius 3 is 2.62 bits per heavy atom. The molecule has 86 valence electrons. The maximum atomic E-state index is 13.0. The molecule has 0 spiro atoms. The standard InChI is InChI=1S/C10H9FO5/c1-16-9-5(4-12)2-6(11)3-7(9)8(13)10(14)15/h2-4,8,13H,1H3,(H,14,15). The Morgan fingerprint density at radius 2 is 2.19 bits per heavy atom. The molecule has 1 rings (SSSR count). The Bertz CT molecular complexity index is 429. The van der Waals surface area contributed by atoms with E-state index >= 15 is 0 Å². The summed E-state index contributed by atoms with van der Waals surface area (Å²) in [6.45, 7) is 0. The van der Waals surface area contributed by atoms with Crippen molar-refractivity contribution in [3.05, 3.63) is 29.1 Å². The van der Waals surface area contributed by atoms with Crippen LogP contribution in [0.15, 0.2) is 12.1 Å². The quantitative estimate of drug-likeness (QED) is 0.743. The number of carbonyl (C=O) groups excluding carboxylic acids is 1. The molecule has 1 atom stereocenters. The SMILES string of the molecule is COc1c(C=O)cc(F)cc1C(O)C(=O)O. The van der Waals surface area contributed by atoms with Gasteiger partial charge in [0.15, 0.2) is 12.4 Å².